The molecule has 0 aliphatic heterocycles. The predicted octanol–water partition coefficient (Wildman–Crippen LogP) is 1.34. The summed E-state index contributed by atoms with van der Waals surface area (Å²) in [4.78, 5) is 23.8. The van der Waals surface area contributed by atoms with Gasteiger partial charge in [-0.15, -0.1) is 11.3 Å². The molecule has 0 spiro atoms. The average molecular weight is 333 g/mol. The van der Waals surface area contributed by atoms with Crippen LogP contribution in [-0.2, 0) is 4.79 Å². The van der Waals surface area contributed by atoms with E-state index in [2.05, 4.69) is 15.8 Å². The molecule has 0 aliphatic carbocycles. The zero-order valence-electron chi connectivity index (χ0n) is 12.3. The lowest BCUT2D eigenvalue weighted by Crippen LogP contribution is -2.34. The second-order valence-corrected chi connectivity index (χ2v) is 5.30. The van der Waals surface area contributed by atoms with Crippen molar-refractivity contribution in [3.8, 4) is 11.5 Å². The number of para-hydroxylation sites is 1. The lowest BCUT2D eigenvalue weighted by atomic mass is 10.2. The van der Waals surface area contributed by atoms with Gasteiger partial charge in [0.25, 0.3) is 11.8 Å². The predicted molar refractivity (Wildman–Crippen MR) is 87.0 cm³/mol. The van der Waals surface area contributed by atoms with E-state index in [1.807, 2.05) is 0 Å². The second kappa shape index (κ2) is 7.95. The van der Waals surface area contributed by atoms with Gasteiger partial charge in [-0.3, -0.25) is 9.59 Å². The first-order chi connectivity index (χ1) is 11.1. The summed E-state index contributed by atoms with van der Waals surface area (Å²) in [6, 6.07) is 8.33. The third kappa shape index (κ3) is 4.55. The first kappa shape index (κ1) is 16.5. The molecule has 2 aromatic rings. The van der Waals surface area contributed by atoms with Gasteiger partial charge in [0.05, 0.1) is 24.7 Å². The van der Waals surface area contributed by atoms with Crippen molar-refractivity contribution in [2.75, 3.05) is 13.7 Å². The Morgan fingerprint density at radius 1 is 1.35 bits per heavy atom. The third-order valence-electron chi connectivity index (χ3n) is 2.80. The fraction of sp³-hybridized carbons (Fsp3) is 0.133. The highest BCUT2D eigenvalue weighted by atomic mass is 32.1. The summed E-state index contributed by atoms with van der Waals surface area (Å²) in [7, 11) is 1.44. The fourth-order valence-electron chi connectivity index (χ4n) is 1.68. The molecule has 2 rings (SSSR count). The maximum Gasteiger partial charge on any atom is 0.261 e. The first-order valence-corrected chi connectivity index (χ1v) is 7.49. The van der Waals surface area contributed by atoms with Gasteiger partial charge in [-0.05, 0) is 23.6 Å². The number of benzene rings is 1. The van der Waals surface area contributed by atoms with Crippen LogP contribution in [0.25, 0.3) is 0 Å². The van der Waals surface area contributed by atoms with Crippen LogP contribution >= 0.6 is 11.3 Å². The highest BCUT2D eigenvalue weighted by molar-refractivity contribution is 7.12. The number of hydrogen-bond donors (Lipinski definition) is 3. The average Bonchev–Trinajstić information content (AvgIpc) is 3.09. The molecule has 120 valence electrons. The molecular formula is C15H15N3O4S. The molecule has 0 atom stereocenters. The van der Waals surface area contributed by atoms with Crippen molar-refractivity contribution in [3.05, 3.63) is 46.2 Å². The molecule has 1 heterocycles. The molecule has 7 nitrogen and oxygen atoms in total. The highest BCUT2D eigenvalue weighted by Crippen LogP contribution is 2.27. The first-order valence-electron chi connectivity index (χ1n) is 6.61. The van der Waals surface area contributed by atoms with E-state index in [1.165, 1.54) is 24.7 Å². The topological polar surface area (TPSA) is 100 Å². The van der Waals surface area contributed by atoms with E-state index in [0.29, 0.717) is 16.2 Å². The molecule has 1 aromatic heterocycles. The molecule has 0 fully saturated rings. The van der Waals surface area contributed by atoms with Crippen LogP contribution in [0.5, 0.6) is 11.5 Å². The Morgan fingerprint density at radius 2 is 2.17 bits per heavy atom. The summed E-state index contributed by atoms with van der Waals surface area (Å²) in [5.41, 5.74) is 2.66. The van der Waals surface area contributed by atoms with Gasteiger partial charge in [0.2, 0.25) is 0 Å². The number of aromatic hydroxyl groups is 1. The van der Waals surface area contributed by atoms with E-state index < -0.39 is 5.91 Å². The van der Waals surface area contributed by atoms with Crippen molar-refractivity contribution < 1.29 is 19.4 Å². The highest BCUT2D eigenvalue weighted by Gasteiger charge is 2.08. The molecule has 8 heteroatoms. The number of carbonyl (C=O) groups excluding carboxylic acids is 2. The molecule has 23 heavy (non-hydrogen) atoms. The lowest BCUT2D eigenvalue weighted by Gasteiger charge is -2.05. The van der Waals surface area contributed by atoms with E-state index in [1.54, 1.807) is 35.7 Å². The molecule has 2 amide bonds. The summed E-state index contributed by atoms with van der Waals surface area (Å²) in [5.74, 6) is -0.555. The molecule has 3 N–H and O–H groups in total. The Balaban J connectivity index is 1.83. The minimum atomic E-state index is -0.478. The number of rotatable bonds is 6. The minimum absolute atomic E-state index is 0.0704. The van der Waals surface area contributed by atoms with Crippen LogP contribution in [0.4, 0.5) is 0 Å². The standard InChI is InChI=1S/C15H15N3O4S/c1-22-11-5-2-4-10(14(11)20)8-17-18-13(19)9-16-15(21)12-6-3-7-23-12/h2-8,20H,9H2,1H3,(H,16,21)(H,18,19)/b17-8-. The van der Waals surface area contributed by atoms with E-state index >= 15 is 0 Å². The van der Waals surface area contributed by atoms with Crippen LogP contribution in [0.15, 0.2) is 40.8 Å². The zero-order valence-corrected chi connectivity index (χ0v) is 13.1. The van der Waals surface area contributed by atoms with Gasteiger partial charge >= 0.3 is 0 Å². The molecule has 0 bridgehead atoms. The number of thiophene rings is 1. The van der Waals surface area contributed by atoms with Gasteiger partial charge in [-0.25, -0.2) is 5.43 Å². The van der Waals surface area contributed by atoms with Gasteiger partial charge < -0.3 is 15.2 Å². The van der Waals surface area contributed by atoms with Gasteiger partial charge in [-0.1, -0.05) is 12.1 Å². The van der Waals surface area contributed by atoms with Crippen molar-refractivity contribution in [2.45, 2.75) is 0 Å². The van der Waals surface area contributed by atoms with Crippen molar-refractivity contribution in [3.63, 3.8) is 0 Å². The molecule has 1 aromatic carbocycles. The Labute approximate surface area is 136 Å². The van der Waals surface area contributed by atoms with Gasteiger partial charge in [0, 0.05) is 5.56 Å². The van der Waals surface area contributed by atoms with Crippen molar-refractivity contribution in [2.24, 2.45) is 5.10 Å². The van der Waals surface area contributed by atoms with E-state index in [9.17, 15) is 14.7 Å². The summed E-state index contributed by atoms with van der Waals surface area (Å²) in [5, 5.41) is 17.8. The van der Waals surface area contributed by atoms with Crippen LogP contribution in [0, 0.1) is 0 Å². The second-order valence-electron chi connectivity index (χ2n) is 4.35. The number of amides is 2. The Kier molecular flexibility index (Phi) is 5.70. The SMILES string of the molecule is COc1cccc(/C=N\NC(=O)CNC(=O)c2cccs2)c1O. The maximum atomic E-state index is 11.7. The third-order valence-corrected chi connectivity index (χ3v) is 3.67. The van der Waals surface area contributed by atoms with Crippen molar-refractivity contribution in [1.29, 1.82) is 0 Å². The normalized spacial score (nSPS) is 10.5. The van der Waals surface area contributed by atoms with E-state index in [-0.39, 0.29) is 18.2 Å². The smallest absolute Gasteiger partial charge is 0.261 e. The van der Waals surface area contributed by atoms with Crippen LogP contribution < -0.4 is 15.5 Å². The monoisotopic (exact) mass is 333 g/mol. The number of hydrazone groups is 1. The summed E-state index contributed by atoms with van der Waals surface area (Å²) in [6.07, 6.45) is 1.29. The Morgan fingerprint density at radius 3 is 2.87 bits per heavy atom. The minimum Gasteiger partial charge on any atom is -0.504 e. The number of nitrogens with zero attached hydrogens (tertiary/aromatic N) is 1. The maximum absolute atomic E-state index is 11.7. The number of methoxy groups -OCH3 is 1. The summed E-state index contributed by atoms with van der Waals surface area (Å²) >= 11 is 1.29. The number of ether oxygens (including phenoxy) is 1. The van der Waals surface area contributed by atoms with Crippen LogP contribution in [0.2, 0.25) is 0 Å². The van der Waals surface area contributed by atoms with Crippen molar-refractivity contribution >= 4 is 29.4 Å². The number of carbonyl (C=O) groups is 2. The summed E-state index contributed by atoms with van der Waals surface area (Å²) in [6.45, 7) is -0.196. The van der Waals surface area contributed by atoms with Crippen molar-refractivity contribution in [1.82, 2.24) is 10.7 Å². The van der Waals surface area contributed by atoms with E-state index in [0.717, 1.165) is 0 Å². The quantitative estimate of drug-likeness (QED) is 0.549. The Bertz CT molecular complexity index is 714. The lowest BCUT2D eigenvalue weighted by molar-refractivity contribution is -0.120. The summed E-state index contributed by atoms with van der Waals surface area (Å²) < 4.78 is 4.97. The van der Waals surface area contributed by atoms with Gasteiger partial charge in [0.1, 0.15) is 0 Å². The van der Waals surface area contributed by atoms with E-state index in [4.69, 9.17) is 4.74 Å². The molecule has 0 unspecified atom stereocenters. The molecular weight excluding hydrogens is 318 g/mol. The largest absolute Gasteiger partial charge is 0.504 e. The molecule has 0 aliphatic rings. The Hall–Kier alpha value is -2.87. The fourth-order valence-corrected chi connectivity index (χ4v) is 2.32. The van der Waals surface area contributed by atoms with Gasteiger partial charge in [0.15, 0.2) is 11.5 Å². The number of phenolic OH excluding ortho intramolecular Hbond substituents is 1. The molecule has 0 radical (unpaired) electrons. The number of nitrogens with one attached hydrogen (secondary N) is 2. The van der Waals surface area contributed by atoms with Crippen LogP contribution in [-0.4, -0.2) is 36.8 Å². The van der Waals surface area contributed by atoms with Gasteiger partial charge in [-0.2, -0.15) is 5.10 Å². The van der Waals surface area contributed by atoms with Crippen LogP contribution in [0.3, 0.4) is 0 Å². The molecule has 0 saturated carbocycles. The number of phenols is 1. The zero-order chi connectivity index (χ0) is 16.7. The number of hydrogen-bond acceptors (Lipinski definition) is 6. The molecule has 0 saturated heterocycles. The van der Waals surface area contributed by atoms with Crippen LogP contribution in [0.1, 0.15) is 15.2 Å².